The van der Waals surface area contributed by atoms with Crippen LogP contribution in [0.25, 0.3) is 16.7 Å². The molecule has 4 aromatic rings. The van der Waals surface area contributed by atoms with Crippen molar-refractivity contribution in [1.82, 2.24) is 24.7 Å². The van der Waals surface area contributed by atoms with Crippen molar-refractivity contribution in [2.24, 2.45) is 0 Å². The van der Waals surface area contributed by atoms with Gasteiger partial charge in [0.1, 0.15) is 17.2 Å². The molecule has 7 nitrogen and oxygen atoms in total. The molecule has 0 saturated carbocycles. The largest absolute Gasteiger partial charge is 0.348 e. The van der Waals surface area contributed by atoms with Crippen molar-refractivity contribution in [2.45, 2.75) is 26.8 Å². The first-order chi connectivity index (χ1) is 13.1. The van der Waals surface area contributed by atoms with Gasteiger partial charge in [0.15, 0.2) is 6.29 Å². The minimum absolute atomic E-state index is 0.230. The van der Waals surface area contributed by atoms with Crippen molar-refractivity contribution in [3.05, 3.63) is 64.9 Å². The summed E-state index contributed by atoms with van der Waals surface area (Å²) >= 11 is 0. The molecule has 136 valence electrons. The number of carbonyl (C=O) groups excluding carboxylic acids is 2. The molecule has 0 unspecified atom stereocenters. The molecule has 1 aromatic carbocycles. The summed E-state index contributed by atoms with van der Waals surface area (Å²) in [4.78, 5) is 36.2. The molecule has 27 heavy (non-hydrogen) atoms. The second kappa shape index (κ2) is 6.68. The minimum Gasteiger partial charge on any atom is -0.348 e. The monoisotopic (exact) mass is 361 g/mol. The van der Waals surface area contributed by atoms with E-state index < -0.39 is 0 Å². The molecule has 0 spiro atoms. The molecule has 7 heteroatoms. The van der Waals surface area contributed by atoms with E-state index in [2.05, 4.69) is 20.3 Å². The number of hydrogen-bond acceptors (Lipinski definition) is 4. The van der Waals surface area contributed by atoms with E-state index in [9.17, 15) is 9.59 Å². The van der Waals surface area contributed by atoms with Gasteiger partial charge in [-0.15, -0.1) is 0 Å². The Hall–Kier alpha value is -3.48. The molecule has 0 fully saturated rings. The molecule has 0 aliphatic carbocycles. The number of carbonyl (C=O) groups is 2. The Bertz CT molecular complexity index is 1170. The van der Waals surface area contributed by atoms with Gasteiger partial charge in [0.05, 0.1) is 22.3 Å². The maximum Gasteiger partial charge on any atom is 0.255 e. The minimum atomic E-state index is -0.230. The number of rotatable bonds is 5. The van der Waals surface area contributed by atoms with Crippen LogP contribution in [-0.2, 0) is 13.0 Å². The van der Waals surface area contributed by atoms with E-state index in [1.807, 2.05) is 32.0 Å². The molecular weight excluding hydrogens is 342 g/mol. The first kappa shape index (κ1) is 17.0. The SMILES string of the molecule is CCc1nc2c(C(=O)NCc3ccc4nc(C)[nH]c4c3)cccn2c1C=O. The van der Waals surface area contributed by atoms with Gasteiger partial charge in [0.2, 0.25) is 0 Å². The number of H-pyrrole nitrogens is 1. The van der Waals surface area contributed by atoms with Crippen LogP contribution < -0.4 is 5.32 Å². The highest BCUT2D eigenvalue weighted by Crippen LogP contribution is 2.17. The fraction of sp³-hybridized carbons (Fsp3) is 0.200. The molecule has 0 atom stereocenters. The van der Waals surface area contributed by atoms with Crippen LogP contribution in [0.4, 0.5) is 0 Å². The number of aryl methyl sites for hydroxylation is 2. The number of imidazole rings is 2. The van der Waals surface area contributed by atoms with Crippen molar-refractivity contribution in [3.8, 4) is 0 Å². The van der Waals surface area contributed by atoms with Gasteiger partial charge >= 0.3 is 0 Å². The van der Waals surface area contributed by atoms with Crippen LogP contribution in [0.2, 0.25) is 0 Å². The van der Waals surface area contributed by atoms with E-state index in [4.69, 9.17) is 0 Å². The first-order valence-electron chi connectivity index (χ1n) is 8.79. The number of fused-ring (bicyclic) bond motifs is 2. The summed E-state index contributed by atoms with van der Waals surface area (Å²) in [6.07, 6.45) is 3.15. The zero-order chi connectivity index (χ0) is 19.0. The highest BCUT2D eigenvalue weighted by molar-refractivity contribution is 6.00. The second-order valence-corrected chi connectivity index (χ2v) is 6.39. The maximum absolute atomic E-state index is 12.7. The van der Waals surface area contributed by atoms with Gasteiger partial charge in [-0.05, 0) is 43.2 Å². The topological polar surface area (TPSA) is 92.2 Å². The lowest BCUT2D eigenvalue weighted by Crippen LogP contribution is -2.23. The van der Waals surface area contributed by atoms with E-state index in [-0.39, 0.29) is 5.91 Å². The molecule has 4 rings (SSSR count). The van der Waals surface area contributed by atoms with Crippen molar-refractivity contribution in [3.63, 3.8) is 0 Å². The standard InChI is InChI=1S/C20H19N5O2/c1-3-15-18(11-26)25-8-4-5-14(19(25)24-15)20(27)21-10-13-6-7-16-17(9-13)23-12(2)22-16/h4-9,11H,3,10H2,1-2H3,(H,21,27)(H,22,23). The normalized spacial score (nSPS) is 11.2. The third kappa shape index (κ3) is 2.97. The molecule has 3 heterocycles. The molecule has 0 radical (unpaired) electrons. The summed E-state index contributed by atoms with van der Waals surface area (Å²) in [6, 6.07) is 9.31. The summed E-state index contributed by atoms with van der Waals surface area (Å²) in [6.45, 7) is 4.22. The van der Waals surface area contributed by atoms with Gasteiger partial charge in [-0.1, -0.05) is 13.0 Å². The molecule has 0 aliphatic rings. The van der Waals surface area contributed by atoms with Gasteiger partial charge in [-0.25, -0.2) is 9.97 Å². The van der Waals surface area contributed by atoms with Gasteiger partial charge in [-0.2, -0.15) is 0 Å². The number of amides is 1. The van der Waals surface area contributed by atoms with Gasteiger partial charge in [0.25, 0.3) is 5.91 Å². The predicted octanol–water partition coefficient (Wildman–Crippen LogP) is 2.82. The average molecular weight is 361 g/mol. The van der Waals surface area contributed by atoms with Crippen LogP contribution in [0.3, 0.4) is 0 Å². The molecule has 0 aliphatic heterocycles. The van der Waals surface area contributed by atoms with E-state index in [1.165, 1.54) is 0 Å². The van der Waals surface area contributed by atoms with Crippen LogP contribution in [0, 0.1) is 6.92 Å². The van der Waals surface area contributed by atoms with Crippen molar-refractivity contribution < 1.29 is 9.59 Å². The smallest absolute Gasteiger partial charge is 0.255 e. The second-order valence-electron chi connectivity index (χ2n) is 6.39. The average Bonchev–Trinajstić information content (AvgIpc) is 3.23. The lowest BCUT2D eigenvalue weighted by atomic mass is 10.2. The van der Waals surface area contributed by atoms with E-state index in [0.717, 1.165) is 28.7 Å². The quantitative estimate of drug-likeness (QED) is 0.535. The van der Waals surface area contributed by atoms with Crippen LogP contribution in [0.5, 0.6) is 0 Å². The highest BCUT2D eigenvalue weighted by atomic mass is 16.1. The number of aldehydes is 1. The van der Waals surface area contributed by atoms with Gasteiger partial charge in [-0.3, -0.25) is 14.0 Å². The number of aromatic amines is 1. The van der Waals surface area contributed by atoms with E-state index >= 15 is 0 Å². The van der Waals surface area contributed by atoms with E-state index in [1.54, 1.807) is 22.7 Å². The number of hydrogen-bond donors (Lipinski definition) is 2. The number of nitrogens with zero attached hydrogens (tertiary/aromatic N) is 3. The van der Waals surface area contributed by atoms with Gasteiger partial charge < -0.3 is 10.3 Å². The zero-order valence-corrected chi connectivity index (χ0v) is 15.1. The van der Waals surface area contributed by atoms with Crippen molar-refractivity contribution in [2.75, 3.05) is 0 Å². The number of pyridine rings is 1. The Morgan fingerprint density at radius 3 is 2.93 bits per heavy atom. The summed E-state index contributed by atoms with van der Waals surface area (Å²) in [5, 5.41) is 2.93. The summed E-state index contributed by atoms with van der Waals surface area (Å²) in [5.74, 6) is 0.626. The Morgan fingerprint density at radius 1 is 1.30 bits per heavy atom. The van der Waals surface area contributed by atoms with Crippen LogP contribution in [-0.4, -0.2) is 31.5 Å². The van der Waals surface area contributed by atoms with Crippen LogP contribution in [0.15, 0.2) is 36.5 Å². The highest BCUT2D eigenvalue weighted by Gasteiger charge is 2.17. The maximum atomic E-state index is 12.7. The lowest BCUT2D eigenvalue weighted by molar-refractivity contribution is 0.0951. The molecule has 0 bridgehead atoms. The number of aromatic nitrogens is 4. The Balaban J connectivity index is 1.60. The van der Waals surface area contributed by atoms with E-state index in [0.29, 0.717) is 35.6 Å². The van der Waals surface area contributed by atoms with Gasteiger partial charge in [0, 0.05) is 12.7 Å². The fourth-order valence-corrected chi connectivity index (χ4v) is 3.27. The van der Waals surface area contributed by atoms with Crippen molar-refractivity contribution in [1.29, 1.82) is 0 Å². The lowest BCUT2D eigenvalue weighted by Gasteiger charge is -2.07. The summed E-state index contributed by atoms with van der Waals surface area (Å²) in [7, 11) is 0. The number of nitrogens with one attached hydrogen (secondary N) is 2. The predicted molar refractivity (Wildman–Crippen MR) is 102 cm³/mol. The Kier molecular flexibility index (Phi) is 4.19. The molecule has 0 saturated heterocycles. The third-order valence-corrected chi connectivity index (χ3v) is 4.57. The third-order valence-electron chi connectivity index (χ3n) is 4.57. The summed E-state index contributed by atoms with van der Waals surface area (Å²) < 4.78 is 1.67. The first-order valence-corrected chi connectivity index (χ1v) is 8.79. The van der Waals surface area contributed by atoms with Crippen LogP contribution >= 0.6 is 0 Å². The molecule has 3 aromatic heterocycles. The Labute approximate surface area is 155 Å². The molecule has 2 N–H and O–H groups in total. The summed E-state index contributed by atoms with van der Waals surface area (Å²) in [5.41, 5.74) is 4.92. The molecule has 1 amide bonds. The Morgan fingerprint density at radius 2 is 2.15 bits per heavy atom. The zero-order valence-electron chi connectivity index (χ0n) is 15.1. The van der Waals surface area contributed by atoms with Crippen LogP contribution in [0.1, 0.15) is 44.9 Å². The van der Waals surface area contributed by atoms with Crippen molar-refractivity contribution >= 4 is 28.9 Å². The molecular formula is C20H19N5O2. The number of benzene rings is 1. The fourth-order valence-electron chi connectivity index (χ4n) is 3.27.